The van der Waals surface area contributed by atoms with Gasteiger partial charge in [-0.05, 0) is 73.3 Å². The molecule has 6 atom stereocenters. The number of nitrogens with one attached hydrogen (secondary N) is 5. The third-order valence-electron chi connectivity index (χ3n) is 10.3. The molecule has 2 aromatic rings. The SMILES string of the molecule is CC[C@@H]1Cc2cc(ccc2O)C(=O)CNC(=O)[C@H](Cc2ccccc2)NC(=O)[C@H](CC(C)C)NC(=O)[C@@H]2CCCN2C(=O)[C@H]1NC(=O)[C@@H]1CCC(=O)N1. The summed E-state index contributed by atoms with van der Waals surface area (Å²) in [4.78, 5) is 96.3. The molecule has 53 heavy (non-hydrogen) atoms. The molecule has 3 aliphatic rings. The zero-order valence-corrected chi connectivity index (χ0v) is 30.5. The number of hydrogen-bond acceptors (Lipinski definition) is 8. The van der Waals surface area contributed by atoms with Gasteiger partial charge in [0.25, 0.3) is 0 Å². The first-order valence-electron chi connectivity index (χ1n) is 18.5. The van der Waals surface area contributed by atoms with Gasteiger partial charge in [-0.3, -0.25) is 33.6 Å². The molecular weight excluding hydrogens is 680 g/mol. The third kappa shape index (κ3) is 9.79. The molecule has 5 rings (SSSR count). The number of phenols is 1. The highest BCUT2D eigenvalue weighted by molar-refractivity contribution is 6.01. The molecular formula is C39H50N6O8. The van der Waals surface area contributed by atoms with E-state index in [9.17, 15) is 38.7 Å². The highest BCUT2D eigenvalue weighted by atomic mass is 16.3. The second kappa shape index (κ2) is 17.5. The van der Waals surface area contributed by atoms with Gasteiger partial charge in [0.05, 0.1) is 6.54 Å². The number of benzene rings is 2. The van der Waals surface area contributed by atoms with Crippen LogP contribution < -0.4 is 26.6 Å². The average molecular weight is 731 g/mol. The summed E-state index contributed by atoms with van der Waals surface area (Å²) in [5.74, 6) is -4.18. The number of Topliss-reactive ketones (excluding diaryl/α,β-unsaturated/α-hetero) is 1. The number of fused-ring (bicyclic) bond motifs is 3. The van der Waals surface area contributed by atoms with Gasteiger partial charge in [-0.2, -0.15) is 0 Å². The van der Waals surface area contributed by atoms with E-state index in [-0.39, 0.29) is 61.8 Å². The maximum absolute atomic E-state index is 14.5. The molecule has 14 heteroatoms. The third-order valence-corrected chi connectivity index (χ3v) is 10.3. The van der Waals surface area contributed by atoms with Gasteiger partial charge in [-0.25, -0.2) is 0 Å². The summed E-state index contributed by atoms with van der Waals surface area (Å²) >= 11 is 0. The van der Waals surface area contributed by atoms with Crippen LogP contribution in [-0.4, -0.2) is 94.5 Å². The summed E-state index contributed by atoms with van der Waals surface area (Å²) in [6.07, 6.45) is 2.10. The van der Waals surface area contributed by atoms with Crippen LogP contribution in [0.25, 0.3) is 0 Å². The molecule has 0 unspecified atom stereocenters. The number of nitrogens with zero attached hydrogens (tertiary/aromatic N) is 1. The topological polar surface area (TPSA) is 203 Å². The van der Waals surface area contributed by atoms with E-state index < -0.39 is 78.0 Å². The lowest BCUT2D eigenvalue weighted by atomic mass is 9.87. The van der Waals surface area contributed by atoms with Crippen LogP contribution in [-0.2, 0) is 41.6 Å². The number of amides is 6. The minimum atomic E-state index is -1.15. The minimum Gasteiger partial charge on any atom is -0.508 e. The first-order valence-corrected chi connectivity index (χ1v) is 18.5. The van der Waals surface area contributed by atoms with Crippen molar-refractivity contribution in [3.8, 4) is 5.75 Å². The van der Waals surface area contributed by atoms with Crippen LogP contribution in [0.4, 0.5) is 0 Å². The van der Waals surface area contributed by atoms with E-state index in [4.69, 9.17) is 0 Å². The normalized spacial score (nSPS) is 26.1. The van der Waals surface area contributed by atoms with E-state index in [0.717, 1.165) is 5.56 Å². The fourth-order valence-electron chi connectivity index (χ4n) is 7.33. The van der Waals surface area contributed by atoms with E-state index in [1.165, 1.54) is 23.1 Å². The molecule has 6 amide bonds. The van der Waals surface area contributed by atoms with Crippen LogP contribution in [0.2, 0.25) is 0 Å². The summed E-state index contributed by atoms with van der Waals surface area (Å²) in [5.41, 5.74) is 1.34. The highest BCUT2D eigenvalue weighted by Gasteiger charge is 2.42. The van der Waals surface area contributed by atoms with Gasteiger partial charge >= 0.3 is 0 Å². The van der Waals surface area contributed by atoms with Crippen molar-refractivity contribution in [2.45, 2.75) is 102 Å². The molecule has 3 heterocycles. The molecule has 0 aliphatic carbocycles. The predicted molar refractivity (Wildman–Crippen MR) is 194 cm³/mol. The zero-order chi connectivity index (χ0) is 38.2. The summed E-state index contributed by atoms with van der Waals surface area (Å²) in [5, 5.41) is 24.7. The molecule has 2 aromatic carbocycles. The number of aromatic hydroxyl groups is 1. The zero-order valence-electron chi connectivity index (χ0n) is 30.5. The second-order valence-electron chi connectivity index (χ2n) is 14.6. The van der Waals surface area contributed by atoms with Crippen LogP contribution in [0.5, 0.6) is 5.75 Å². The Labute approximate surface area is 309 Å². The van der Waals surface area contributed by atoms with E-state index >= 15 is 0 Å². The second-order valence-corrected chi connectivity index (χ2v) is 14.6. The van der Waals surface area contributed by atoms with Crippen molar-refractivity contribution in [3.05, 3.63) is 65.2 Å². The van der Waals surface area contributed by atoms with Crippen molar-refractivity contribution in [2.75, 3.05) is 13.1 Å². The van der Waals surface area contributed by atoms with Gasteiger partial charge in [0, 0.05) is 24.9 Å². The first kappa shape index (κ1) is 38.9. The quantitative estimate of drug-likeness (QED) is 0.245. The van der Waals surface area contributed by atoms with Crippen molar-refractivity contribution in [3.63, 3.8) is 0 Å². The van der Waals surface area contributed by atoms with Gasteiger partial charge in [0.15, 0.2) is 5.78 Å². The Morgan fingerprint density at radius 1 is 0.925 bits per heavy atom. The first-order chi connectivity index (χ1) is 25.3. The number of rotatable bonds is 7. The van der Waals surface area contributed by atoms with Gasteiger partial charge < -0.3 is 36.6 Å². The van der Waals surface area contributed by atoms with E-state index in [1.54, 1.807) is 0 Å². The maximum atomic E-state index is 14.5. The van der Waals surface area contributed by atoms with Crippen LogP contribution in [0.1, 0.15) is 80.8 Å². The molecule has 2 saturated heterocycles. The smallest absolute Gasteiger partial charge is 0.246 e. The summed E-state index contributed by atoms with van der Waals surface area (Å²) < 4.78 is 0. The Morgan fingerprint density at radius 3 is 2.34 bits per heavy atom. The van der Waals surface area contributed by atoms with Crippen molar-refractivity contribution in [1.29, 1.82) is 0 Å². The number of phenolic OH excluding ortho intramolecular Hbond substituents is 1. The van der Waals surface area contributed by atoms with Crippen molar-refractivity contribution < 1.29 is 38.7 Å². The summed E-state index contributed by atoms with van der Waals surface area (Å²) in [7, 11) is 0. The Morgan fingerprint density at radius 2 is 1.66 bits per heavy atom. The van der Waals surface area contributed by atoms with E-state index in [1.807, 2.05) is 51.1 Å². The monoisotopic (exact) mass is 730 g/mol. The van der Waals surface area contributed by atoms with Gasteiger partial charge in [-0.1, -0.05) is 57.5 Å². The molecule has 2 bridgehead atoms. The van der Waals surface area contributed by atoms with Crippen molar-refractivity contribution in [1.82, 2.24) is 31.5 Å². The minimum absolute atomic E-state index is 0.0274. The van der Waals surface area contributed by atoms with E-state index in [0.29, 0.717) is 24.8 Å². The van der Waals surface area contributed by atoms with Crippen molar-refractivity contribution >= 4 is 41.2 Å². The molecule has 0 radical (unpaired) electrons. The molecule has 0 spiro atoms. The molecule has 284 valence electrons. The Kier molecular flexibility index (Phi) is 12.9. The lowest BCUT2D eigenvalue weighted by Gasteiger charge is -2.34. The average Bonchev–Trinajstić information content (AvgIpc) is 3.81. The lowest BCUT2D eigenvalue weighted by molar-refractivity contribution is -0.143. The molecule has 14 nitrogen and oxygen atoms in total. The number of carbonyl (C=O) groups is 7. The lowest BCUT2D eigenvalue weighted by Crippen LogP contribution is -2.60. The number of ketones is 1. The maximum Gasteiger partial charge on any atom is 0.246 e. The molecule has 2 fully saturated rings. The molecule has 0 aromatic heterocycles. The van der Waals surface area contributed by atoms with Crippen LogP contribution in [0.15, 0.2) is 48.5 Å². The highest BCUT2D eigenvalue weighted by Crippen LogP contribution is 2.28. The standard InChI is InChI=1S/C39H50N6O8/c1-4-24-19-26-20-25(12-14-31(26)46)32(47)21-40-35(49)29(18-23-9-6-5-7-10-23)42-37(51)28(17-22(2)3)43-38(52)30-11-8-16-45(30)39(53)34(24)44-36(50)27-13-15-33(48)41-27/h5-7,9-10,12,14,20,22,24,27-30,34,46H,4,8,11,13,15-19,21H2,1-3H3,(H,40,49)(H,41,48)(H,42,51)(H,43,52)(H,44,50)/t24-,27+,28+,29+,30+,34+/m1/s1. The van der Waals surface area contributed by atoms with E-state index in [2.05, 4.69) is 26.6 Å². The largest absolute Gasteiger partial charge is 0.508 e. The van der Waals surface area contributed by atoms with Gasteiger partial charge in [0.2, 0.25) is 35.4 Å². The fraction of sp³-hybridized carbons (Fsp3) is 0.513. The Bertz CT molecular complexity index is 1710. The van der Waals surface area contributed by atoms with Crippen molar-refractivity contribution in [2.24, 2.45) is 11.8 Å². The summed E-state index contributed by atoms with van der Waals surface area (Å²) in [6.45, 7) is 5.47. The van der Waals surface area contributed by atoms with Gasteiger partial charge in [-0.15, -0.1) is 0 Å². The molecule has 6 N–H and O–H groups in total. The predicted octanol–water partition coefficient (Wildman–Crippen LogP) is 1.29. The Balaban J connectivity index is 1.52. The van der Waals surface area contributed by atoms with Crippen LogP contribution in [0.3, 0.4) is 0 Å². The molecule has 3 aliphatic heterocycles. The van der Waals surface area contributed by atoms with Crippen LogP contribution in [0, 0.1) is 11.8 Å². The Hall–Kier alpha value is -5.27. The molecule has 0 saturated carbocycles. The van der Waals surface area contributed by atoms with Gasteiger partial charge in [0.1, 0.15) is 36.0 Å². The fourth-order valence-corrected chi connectivity index (χ4v) is 7.33. The summed E-state index contributed by atoms with van der Waals surface area (Å²) in [6, 6.07) is 8.39. The van der Waals surface area contributed by atoms with Crippen LogP contribution >= 0.6 is 0 Å². The number of carbonyl (C=O) groups excluding carboxylic acids is 7. The number of hydrogen-bond donors (Lipinski definition) is 6.